The summed E-state index contributed by atoms with van der Waals surface area (Å²) < 4.78 is 0.921. The molecule has 1 rings (SSSR count). The number of alkyl halides is 1. The number of hydrogen-bond acceptors (Lipinski definition) is 1. The van der Waals surface area contributed by atoms with Crippen molar-refractivity contribution < 1.29 is 4.79 Å². The summed E-state index contributed by atoms with van der Waals surface area (Å²) in [6.45, 7) is 1.54. The van der Waals surface area contributed by atoms with E-state index in [1.165, 1.54) is 0 Å². The topological polar surface area (TPSA) is 20.3 Å². The van der Waals surface area contributed by atoms with E-state index < -0.39 is 0 Å². The van der Waals surface area contributed by atoms with Gasteiger partial charge in [0.05, 0.1) is 11.1 Å². The molecule has 0 N–H and O–H groups in total. The monoisotopic (exact) mass is 305 g/mol. The second-order valence-corrected chi connectivity index (χ2v) is 3.87. The van der Waals surface area contributed by atoms with Crippen molar-refractivity contribution in [2.75, 3.05) is 10.4 Å². The summed E-state index contributed by atoms with van der Waals surface area (Å²) in [5.74, 6) is 0.0174. The van der Waals surface area contributed by atoms with Crippen LogP contribution in [0.1, 0.15) is 6.92 Å². The summed E-state index contributed by atoms with van der Waals surface area (Å²) in [5, 5.41) is 0. The number of benzene rings is 1. The minimum absolute atomic E-state index is 0.0174. The van der Waals surface area contributed by atoms with Gasteiger partial charge in [0.25, 0.3) is 0 Å². The minimum Gasteiger partial charge on any atom is -0.301 e. The van der Waals surface area contributed by atoms with Crippen molar-refractivity contribution in [2.24, 2.45) is 0 Å². The molecule has 1 aromatic carbocycles. The predicted octanol–water partition coefficient (Wildman–Crippen LogP) is 3.15. The summed E-state index contributed by atoms with van der Waals surface area (Å²) in [6.07, 6.45) is 0. The van der Waals surface area contributed by atoms with E-state index in [-0.39, 0.29) is 5.91 Å². The third kappa shape index (κ3) is 2.54. The molecular formula is C9H9Br2NO. The lowest BCUT2D eigenvalue weighted by molar-refractivity contribution is -0.116. The zero-order valence-corrected chi connectivity index (χ0v) is 10.3. The van der Waals surface area contributed by atoms with Crippen LogP contribution < -0.4 is 4.90 Å². The van der Waals surface area contributed by atoms with Crippen LogP contribution in [0.2, 0.25) is 0 Å². The second-order valence-electron chi connectivity index (χ2n) is 2.52. The maximum absolute atomic E-state index is 11.2. The lowest BCUT2D eigenvalue weighted by atomic mass is 10.3. The van der Waals surface area contributed by atoms with Gasteiger partial charge in [-0.15, -0.1) is 0 Å². The van der Waals surface area contributed by atoms with Gasteiger partial charge in [0.15, 0.2) is 0 Å². The molecule has 0 radical (unpaired) electrons. The van der Waals surface area contributed by atoms with Gasteiger partial charge in [-0.05, 0) is 28.1 Å². The number of amides is 1. The molecule has 0 unspecified atom stereocenters. The van der Waals surface area contributed by atoms with E-state index in [0.29, 0.717) is 5.45 Å². The molecular weight excluding hydrogens is 298 g/mol. The number of rotatable bonds is 2. The Hall–Kier alpha value is -0.350. The van der Waals surface area contributed by atoms with Crippen LogP contribution in [0.5, 0.6) is 0 Å². The average molecular weight is 307 g/mol. The fourth-order valence-electron chi connectivity index (χ4n) is 0.989. The molecule has 0 saturated heterocycles. The first-order valence-electron chi connectivity index (χ1n) is 3.75. The Bertz CT molecular complexity index is 314. The van der Waals surface area contributed by atoms with Crippen molar-refractivity contribution in [1.82, 2.24) is 0 Å². The normalized spacial score (nSPS) is 9.77. The Labute approximate surface area is 94.2 Å². The van der Waals surface area contributed by atoms with Crippen LogP contribution in [0.4, 0.5) is 5.69 Å². The highest BCUT2D eigenvalue weighted by atomic mass is 79.9. The SMILES string of the molecule is CC(=O)N(CBr)c1ccccc1Br. The number of nitrogens with zero attached hydrogens (tertiary/aromatic N) is 1. The fourth-order valence-corrected chi connectivity index (χ4v) is 2.11. The summed E-state index contributed by atoms with van der Waals surface area (Å²) in [6, 6.07) is 7.62. The lowest BCUT2D eigenvalue weighted by Crippen LogP contribution is -2.26. The van der Waals surface area contributed by atoms with E-state index in [1.54, 1.807) is 11.8 Å². The number of para-hydroxylation sites is 1. The summed E-state index contributed by atoms with van der Waals surface area (Å²) >= 11 is 6.66. The molecule has 1 amide bonds. The van der Waals surface area contributed by atoms with Crippen LogP contribution in [-0.4, -0.2) is 11.4 Å². The molecule has 0 aliphatic carbocycles. The molecule has 0 fully saturated rings. The smallest absolute Gasteiger partial charge is 0.224 e. The molecule has 0 atom stereocenters. The summed E-state index contributed by atoms with van der Waals surface area (Å²) in [4.78, 5) is 12.8. The number of carbonyl (C=O) groups excluding carboxylic acids is 1. The van der Waals surface area contributed by atoms with Gasteiger partial charge in [-0.1, -0.05) is 28.1 Å². The van der Waals surface area contributed by atoms with Crippen molar-refractivity contribution in [1.29, 1.82) is 0 Å². The first kappa shape index (κ1) is 10.7. The molecule has 4 heteroatoms. The van der Waals surface area contributed by atoms with Crippen molar-refractivity contribution in [3.8, 4) is 0 Å². The molecule has 0 heterocycles. The molecule has 0 saturated carbocycles. The molecule has 0 spiro atoms. The minimum atomic E-state index is 0.0174. The van der Waals surface area contributed by atoms with E-state index in [4.69, 9.17) is 0 Å². The zero-order chi connectivity index (χ0) is 9.84. The number of anilines is 1. The summed E-state index contributed by atoms with van der Waals surface area (Å²) in [5.41, 5.74) is 1.39. The van der Waals surface area contributed by atoms with E-state index >= 15 is 0 Å². The molecule has 0 aliphatic rings. The highest BCUT2D eigenvalue weighted by Gasteiger charge is 2.11. The Morgan fingerprint density at radius 1 is 1.46 bits per heavy atom. The second kappa shape index (κ2) is 4.77. The number of hydrogen-bond donors (Lipinski definition) is 0. The van der Waals surface area contributed by atoms with Gasteiger partial charge in [0, 0.05) is 11.4 Å². The molecule has 2 nitrogen and oxygen atoms in total. The third-order valence-corrected chi connectivity index (χ3v) is 2.81. The van der Waals surface area contributed by atoms with Crippen LogP contribution in [-0.2, 0) is 4.79 Å². The van der Waals surface area contributed by atoms with E-state index in [2.05, 4.69) is 31.9 Å². The maximum Gasteiger partial charge on any atom is 0.224 e. The molecule has 0 bridgehead atoms. The van der Waals surface area contributed by atoms with Gasteiger partial charge in [-0.2, -0.15) is 0 Å². The van der Waals surface area contributed by atoms with Gasteiger partial charge >= 0.3 is 0 Å². The third-order valence-electron chi connectivity index (χ3n) is 1.64. The average Bonchev–Trinajstić information content (AvgIpc) is 2.09. The van der Waals surface area contributed by atoms with Crippen LogP contribution in [0, 0.1) is 0 Å². The van der Waals surface area contributed by atoms with Gasteiger partial charge in [-0.3, -0.25) is 4.79 Å². The van der Waals surface area contributed by atoms with Crippen LogP contribution in [0.3, 0.4) is 0 Å². The predicted molar refractivity (Wildman–Crippen MR) is 61.1 cm³/mol. The molecule has 70 valence electrons. The van der Waals surface area contributed by atoms with Crippen LogP contribution in [0.15, 0.2) is 28.7 Å². The number of carbonyl (C=O) groups is 1. The maximum atomic E-state index is 11.2. The van der Waals surface area contributed by atoms with E-state index in [0.717, 1.165) is 10.2 Å². The number of halogens is 2. The molecule has 0 aromatic heterocycles. The standard InChI is InChI=1S/C9H9Br2NO/c1-7(13)12(6-10)9-5-3-2-4-8(9)11/h2-5H,6H2,1H3. The van der Waals surface area contributed by atoms with Gasteiger partial charge in [0.1, 0.15) is 0 Å². The molecule has 13 heavy (non-hydrogen) atoms. The van der Waals surface area contributed by atoms with Gasteiger partial charge in [0.2, 0.25) is 5.91 Å². The quantitative estimate of drug-likeness (QED) is 0.607. The lowest BCUT2D eigenvalue weighted by Gasteiger charge is -2.19. The molecule has 1 aromatic rings. The highest BCUT2D eigenvalue weighted by Crippen LogP contribution is 2.26. The highest BCUT2D eigenvalue weighted by molar-refractivity contribution is 9.10. The van der Waals surface area contributed by atoms with Crippen molar-refractivity contribution in [2.45, 2.75) is 6.92 Å². The Morgan fingerprint density at radius 3 is 2.54 bits per heavy atom. The van der Waals surface area contributed by atoms with Crippen molar-refractivity contribution >= 4 is 43.5 Å². The Morgan fingerprint density at radius 2 is 2.08 bits per heavy atom. The van der Waals surface area contributed by atoms with Crippen molar-refractivity contribution in [3.63, 3.8) is 0 Å². The van der Waals surface area contributed by atoms with E-state index in [9.17, 15) is 4.79 Å². The van der Waals surface area contributed by atoms with Crippen LogP contribution in [0.25, 0.3) is 0 Å². The zero-order valence-electron chi connectivity index (χ0n) is 7.13. The van der Waals surface area contributed by atoms with Gasteiger partial charge < -0.3 is 4.90 Å². The molecule has 0 aliphatic heterocycles. The Balaban J connectivity index is 3.04. The Kier molecular flexibility index (Phi) is 3.93. The van der Waals surface area contributed by atoms with Crippen LogP contribution >= 0.6 is 31.9 Å². The van der Waals surface area contributed by atoms with Gasteiger partial charge in [-0.25, -0.2) is 0 Å². The first-order chi connectivity index (χ1) is 6.16. The largest absolute Gasteiger partial charge is 0.301 e. The fraction of sp³-hybridized carbons (Fsp3) is 0.222. The van der Waals surface area contributed by atoms with E-state index in [1.807, 2.05) is 24.3 Å². The summed E-state index contributed by atoms with van der Waals surface area (Å²) in [7, 11) is 0. The van der Waals surface area contributed by atoms with Crippen molar-refractivity contribution in [3.05, 3.63) is 28.7 Å². The first-order valence-corrected chi connectivity index (χ1v) is 5.67.